The van der Waals surface area contributed by atoms with Crippen LogP contribution in [-0.4, -0.2) is 32.7 Å². The monoisotopic (exact) mass is 462 g/mol. The van der Waals surface area contributed by atoms with Crippen LogP contribution in [0.4, 0.5) is 29.3 Å². The van der Waals surface area contributed by atoms with E-state index in [0.717, 1.165) is 5.56 Å². The first-order valence-corrected chi connectivity index (χ1v) is 9.75. The highest BCUT2D eigenvalue weighted by molar-refractivity contribution is 6.31. The topological polar surface area (TPSA) is 75.6 Å². The molecule has 164 valence electrons. The molecule has 11 heteroatoms. The Morgan fingerprint density at radius 1 is 0.906 bits per heavy atom. The lowest BCUT2D eigenvalue weighted by atomic mass is 10.1. The first kappa shape index (κ1) is 21.7. The van der Waals surface area contributed by atoms with Crippen LogP contribution in [-0.2, 0) is 6.54 Å². The minimum Gasteiger partial charge on any atom is -0.359 e. The number of nitrogens with zero attached hydrogens (tertiary/aromatic N) is 4. The van der Waals surface area contributed by atoms with Crippen molar-refractivity contribution >= 4 is 34.5 Å². The molecule has 32 heavy (non-hydrogen) atoms. The van der Waals surface area contributed by atoms with Crippen molar-refractivity contribution in [2.75, 3.05) is 17.2 Å². The number of hydrogen-bond acceptors (Lipinski definition) is 6. The van der Waals surface area contributed by atoms with E-state index in [1.54, 1.807) is 18.2 Å². The molecule has 0 amide bonds. The lowest BCUT2D eigenvalue weighted by molar-refractivity contribution is -0.115. The van der Waals surface area contributed by atoms with Crippen LogP contribution in [0.25, 0.3) is 22.4 Å². The molecule has 2 heterocycles. The van der Waals surface area contributed by atoms with Crippen molar-refractivity contribution in [2.45, 2.75) is 12.7 Å². The van der Waals surface area contributed by atoms with Crippen LogP contribution >= 0.6 is 11.6 Å². The molecule has 0 aliphatic heterocycles. The average molecular weight is 463 g/mol. The summed E-state index contributed by atoms with van der Waals surface area (Å²) in [5.41, 5.74) is 1.80. The Bertz CT molecular complexity index is 1250. The molecule has 0 saturated carbocycles. The zero-order chi connectivity index (χ0) is 22.7. The Balaban J connectivity index is 1.70. The van der Waals surface area contributed by atoms with Crippen LogP contribution in [0.3, 0.4) is 0 Å². The third kappa shape index (κ3) is 5.20. The number of anilines is 2. The maximum absolute atomic E-state index is 13.2. The molecule has 0 radical (unpaired) electrons. The van der Waals surface area contributed by atoms with Gasteiger partial charge in [-0.3, -0.25) is 0 Å². The van der Waals surface area contributed by atoms with Gasteiger partial charge in [0.1, 0.15) is 12.4 Å². The Kier molecular flexibility index (Phi) is 6.04. The summed E-state index contributed by atoms with van der Waals surface area (Å²) >= 11 is 6.14. The summed E-state index contributed by atoms with van der Waals surface area (Å²) in [4.78, 5) is 17.0. The molecule has 0 aliphatic rings. The van der Waals surface area contributed by atoms with Crippen LogP contribution in [0.1, 0.15) is 5.56 Å². The molecule has 2 aromatic heterocycles. The lowest BCUT2D eigenvalue weighted by Gasteiger charge is -2.13. The normalized spacial score (nSPS) is 11.5. The number of alkyl halides is 3. The quantitative estimate of drug-likeness (QED) is 0.370. The van der Waals surface area contributed by atoms with E-state index < -0.39 is 18.5 Å². The number of aromatic nitrogens is 4. The van der Waals surface area contributed by atoms with Gasteiger partial charge in [-0.05, 0) is 35.9 Å². The zero-order valence-electron chi connectivity index (χ0n) is 16.3. The van der Waals surface area contributed by atoms with Gasteiger partial charge < -0.3 is 10.6 Å². The fourth-order valence-electron chi connectivity index (χ4n) is 2.87. The SMILES string of the molecule is Fc1ccc(-c2cnc3nc(NCc4ccccc4Cl)nc(NCC(F)(F)F)c3n2)cc1. The van der Waals surface area contributed by atoms with Crippen molar-refractivity contribution in [3.05, 3.63) is 71.1 Å². The van der Waals surface area contributed by atoms with Gasteiger partial charge >= 0.3 is 6.18 Å². The summed E-state index contributed by atoms with van der Waals surface area (Å²) in [7, 11) is 0. The van der Waals surface area contributed by atoms with E-state index in [4.69, 9.17) is 11.6 Å². The second kappa shape index (κ2) is 8.91. The van der Waals surface area contributed by atoms with E-state index in [2.05, 4.69) is 30.6 Å². The van der Waals surface area contributed by atoms with Gasteiger partial charge in [0.25, 0.3) is 0 Å². The van der Waals surface area contributed by atoms with Crippen molar-refractivity contribution in [1.82, 2.24) is 19.9 Å². The lowest BCUT2D eigenvalue weighted by Crippen LogP contribution is -2.22. The predicted molar refractivity (Wildman–Crippen MR) is 114 cm³/mol. The molecule has 0 aliphatic carbocycles. The average Bonchev–Trinajstić information content (AvgIpc) is 2.76. The molecule has 2 aromatic carbocycles. The van der Waals surface area contributed by atoms with Gasteiger partial charge in [0.2, 0.25) is 5.95 Å². The van der Waals surface area contributed by atoms with Crippen LogP contribution < -0.4 is 10.6 Å². The van der Waals surface area contributed by atoms with Gasteiger partial charge in [0.15, 0.2) is 17.0 Å². The van der Waals surface area contributed by atoms with Gasteiger partial charge in [-0.25, -0.2) is 14.4 Å². The van der Waals surface area contributed by atoms with Crippen molar-refractivity contribution in [1.29, 1.82) is 0 Å². The summed E-state index contributed by atoms with van der Waals surface area (Å²) in [6.07, 6.45) is -3.06. The highest BCUT2D eigenvalue weighted by Gasteiger charge is 2.27. The molecular formula is C21H15ClF4N6. The van der Waals surface area contributed by atoms with Gasteiger partial charge in [-0.15, -0.1) is 0 Å². The Morgan fingerprint density at radius 3 is 2.38 bits per heavy atom. The maximum atomic E-state index is 13.2. The van der Waals surface area contributed by atoms with Gasteiger partial charge in [-0.1, -0.05) is 29.8 Å². The molecule has 4 rings (SSSR count). The predicted octanol–water partition coefficient (Wildman–Crippen LogP) is 5.47. The van der Waals surface area contributed by atoms with E-state index in [0.29, 0.717) is 16.3 Å². The summed E-state index contributed by atoms with van der Waals surface area (Å²) in [5.74, 6) is -0.496. The number of fused-ring (bicyclic) bond motifs is 1. The Labute approximate surface area is 184 Å². The third-order valence-corrected chi connectivity index (χ3v) is 4.77. The molecule has 0 fully saturated rings. The van der Waals surface area contributed by atoms with E-state index in [9.17, 15) is 17.6 Å². The molecule has 0 saturated heterocycles. The number of nitrogens with one attached hydrogen (secondary N) is 2. The fraction of sp³-hybridized carbons (Fsp3) is 0.143. The first-order chi connectivity index (χ1) is 15.3. The highest BCUT2D eigenvalue weighted by atomic mass is 35.5. The molecular weight excluding hydrogens is 448 g/mol. The third-order valence-electron chi connectivity index (χ3n) is 4.40. The zero-order valence-corrected chi connectivity index (χ0v) is 17.0. The maximum Gasteiger partial charge on any atom is 0.405 e. The molecule has 0 atom stereocenters. The van der Waals surface area contributed by atoms with Gasteiger partial charge in [-0.2, -0.15) is 23.1 Å². The molecule has 0 spiro atoms. The van der Waals surface area contributed by atoms with E-state index in [1.807, 2.05) is 6.07 Å². The van der Waals surface area contributed by atoms with E-state index in [1.165, 1.54) is 30.5 Å². The van der Waals surface area contributed by atoms with E-state index >= 15 is 0 Å². The molecule has 0 unspecified atom stereocenters. The number of halogens is 5. The van der Waals surface area contributed by atoms with Crippen molar-refractivity contribution in [3.8, 4) is 11.3 Å². The smallest absolute Gasteiger partial charge is 0.359 e. The van der Waals surface area contributed by atoms with Crippen molar-refractivity contribution in [3.63, 3.8) is 0 Å². The molecule has 0 bridgehead atoms. The van der Waals surface area contributed by atoms with E-state index in [-0.39, 0.29) is 29.5 Å². The first-order valence-electron chi connectivity index (χ1n) is 9.37. The number of rotatable bonds is 6. The minimum absolute atomic E-state index is 0.0550. The van der Waals surface area contributed by atoms with Crippen LogP contribution in [0.2, 0.25) is 5.02 Å². The molecule has 4 aromatic rings. The van der Waals surface area contributed by atoms with Crippen LogP contribution in [0.5, 0.6) is 0 Å². The summed E-state index contributed by atoms with van der Waals surface area (Å²) in [6, 6.07) is 12.6. The number of benzene rings is 2. The Morgan fingerprint density at radius 2 is 1.66 bits per heavy atom. The Hall–Kier alpha value is -3.53. The summed E-state index contributed by atoms with van der Waals surface area (Å²) in [6.45, 7) is -1.06. The van der Waals surface area contributed by atoms with Crippen LogP contribution in [0, 0.1) is 5.82 Å². The standard InChI is InChI=1S/C21H15ClF4N6/c22-15-4-2-1-3-13(15)9-28-20-31-18-17(19(32-20)29-11-21(24,25)26)30-16(10-27-18)12-5-7-14(23)8-6-12/h1-8,10H,9,11H2,(H2,27,28,29,31,32). The largest absolute Gasteiger partial charge is 0.405 e. The summed E-state index contributed by atoms with van der Waals surface area (Å²) < 4.78 is 51.7. The molecule has 2 N–H and O–H groups in total. The summed E-state index contributed by atoms with van der Waals surface area (Å²) in [5, 5.41) is 5.74. The minimum atomic E-state index is -4.47. The molecule has 6 nitrogen and oxygen atoms in total. The van der Waals surface area contributed by atoms with Gasteiger partial charge in [0.05, 0.1) is 11.9 Å². The second-order valence-electron chi connectivity index (χ2n) is 6.74. The van der Waals surface area contributed by atoms with Crippen molar-refractivity contribution in [2.24, 2.45) is 0 Å². The van der Waals surface area contributed by atoms with Crippen LogP contribution in [0.15, 0.2) is 54.7 Å². The number of hydrogen-bond donors (Lipinski definition) is 2. The highest BCUT2D eigenvalue weighted by Crippen LogP contribution is 2.25. The second-order valence-corrected chi connectivity index (χ2v) is 7.15. The van der Waals surface area contributed by atoms with Crippen molar-refractivity contribution < 1.29 is 17.6 Å². The van der Waals surface area contributed by atoms with Gasteiger partial charge in [0, 0.05) is 17.1 Å². The fourth-order valence-corrected chi connectivity index (χ4v) is 3.07.